The van der Waals surface area contributed by atoms with E-state index in [1.54, 1.807) is 6.20 Å². The normalized spacial score (nSPS) is 25.0. The summed E-state index contributed by atoms with van der Waals surface area (Å²) in [6, 6.07) is 8.03. The van der Waals surface area contributed by atoms with E-state index in [4.69, 9.17) is 21.3 Å². The van der Waals surface area contributed by atoms with E-state index in [1.807, 2.05) is 18.2 Å². The molecule has 1 saturated heterocycles. The van der Waals surface area contributed by atoms with Crippen LogP contribution in [-0.4, -0.2) is 40.4 Å². The van der Waals surface area contributed by atoms with Gasteiger partial charge in [0.05, 0.1) is 22.9 Å². The van der Waals surface area contributed by atoms with E-state index in [1.165, 1.54) is 0 Å². The van der Waals surface area contributed by atoms with Crippen LogP contribution in [0.5, 0.6) is 0 Å². The zero-order chi connectivity index (χ0) is 19.3. The van der Waals surface area contributed by atoms with Gasteiger partial charge in [-0.1, -0.05) is 17.7 Å². The van der Waals surface area contributed by atoms with E-state index in [9.17, 15) is 5.11 Å². The monoisotopic (exact) mass is 401 g/mol. The molecule has 2 aromatic heterocycles. The average molecular weight is 402 g/mol. The minimum atomic E-state index is -0.126. The van der Waals surface area contributed by atoms with E-state index in [0.29, 0.717) is 10.9 Å². The van der Waals surface area contributed by atoms with Gasteiger partial charge >= 0.3 is 0 Å². The van der Waals surface area contributed by atoms with Crippen LogP contribution in [0.2, 0.25) is 5.02 Å². The average Bonchev–Trinajstić information content (AvgIpc) is 3.23. The summed E-state index contributed by atoms with van der Waals surface area (Å²) in [6.07, 6.45) is 8.94. The first-order chi connectivity index (χ1) is 13.7. The van der Waals surface area contributed by atoms with Gasteiger partial charge in [-0.15, -0.1) is 0 Å². The number of hydrogen-bond donors (Lipinski definition) is 2. The lowest BCUT2D eigenvalue weighted by molar-refractivity contribution is 0.108. The summed E-state index contributed by atoms with van der Waals surface area (Å²) in [6.45, 7) is 1.63. The Morgan fingerprint density at radius 2 is 2.04 bits per heavy atom. The fraction of sp³-hybridized carbons (Fsp3) is 0.545. The van der Waals surface area contributed by atoms with Crippen molar-refractivity contribution in [1.82, 2.24) is 9.97 Å². The third-order valence-electron chi connectivity index (χ3n) is 5.79. The minimum absolute atomic E-state index is 0.126. The lowest BCUT2D eigenvalue weighted by Crippen LogP contribution is -2.20. The molecule has 0 unspecified atom stereocenters. The van der Waals surface area contributed by atoms with Crippen molar-refractivity contribution in [3.05, 3.63) is 41.2 Å². The number of ether oxygens (including phenoxy) is 1. The molecule has 6 heteroatoms. The molecule has 0 spiro atoms. The maximum Gasteiger partial charge on any atom is 0.126 e. The number of rotatable bonds is 6. The standard InChI is InChI=1S/C22H28ClN3O2/c23-20-14-24-16(11-15-6-8-17(27)9-7-15)12-19(20)21-4-1-5-22(26-21)25-13-18-3-2-10-28-18/h1,4-5,12,14-15,17-18,27H,2-3,6-11,13H2,(H,25,26)/t15?,17?,18-/m1/s1. The van der Waals surface area contributed by atoms with Crippen molar-refractivity contribution in [1.29, 1.82) is 0 Å². The molecule has 0 radical (unpaired) electrons. The Morgan fingerprint density at radius 1 is 1.18 bits per heavy atom. The second kappa shape index (κ2) is 9.21. The fourth-order valence-electron chi connectivity index (χ4n) is 4.14. The van der Waals surface area contributed by atoms with Crippen LogP contribution < -0.4 is 5.32 Å². The van der Waals surface area contributed by atoms with Gasteiger partial charge in [-0.2, -0.15) is 0 Å². The SMILES string of the molecule is OC1CCC(Cc2cc(-c3cccc(NC[C@H]4CCCO4)n3)c(Cl)cn2)CC1. The van der Waals surface area contributed by atoms with Gasteiger partial charge < -0.3 is 15.2 Å². The Morgan fingerprint density at radius 3 is 2.82 bits per heavy atom. The van der Waals surface area contributed by atoms with Crippen molar-refractivity contribution in [2.24, 2.45) is 5.92 Å². The molecule has 0 bridgehead atoms. The summed E-state index contributed by atoms with van der Waals surface area (Å²) < 4.78 is 5.67. The molecule has 0 amide bonds. The molecule has 2 aliphatic rings. The van der Waals surface area contributed by atoms with Crippen LogP contribution in [0.25, 0.3) is 11.3 Å². The van der Waals surface area contributed by atoms with Gasteiger partial charge in [-0.25, -0.2) is 4.98 Å². The van der Waals surface area contributed by atoms with Crippen LogP contribution in [0.3, 0.4) is 0 Å². The largest absolute Gasteiger partial charge is 0.393 e. The van der Waals surface area contributed by atoms with E-state index in [2.05, 4.69) is 16.4 Å². The lowest BCUT2D eigenvalue weighted by atomic mass is 9.84. The molecule has 0 aromatic carbocycles. The zero-order valence-electron chi connectivity index (χ0n) is 16.1. The number of anilines is 1. The summed E-state index contributed by atoms with van der Waals surface area (Å²) >= 11 is 6.45. The van der Waals surface area contributed by atoms with Crippen molar-refractivity contribution in [3.8, 4) is 11.3 Å². The van der Waals surface area contributed by atoms with Crippen LogP contribution in [0.15, 0.2) is 30.5 Å². The lowest BCUT2D eigenvalue weighted by Gasteiger charge is -2.25. The molecule has 4 rings (SSSR count). The quantitative estimate of drug-likeness (QED) is 0.746. The van der Waals surface area contributed by atoms with Gasteiger partial charge in [0.2, 0.25) is 0 Å². The molecule has 1 aliphatic heterocycles. The molecule has 1 saturated carbocycles. The minimum Gasteiger partial charge on any atom is -0.393 e. The second-order valence-corrected chi connectivity index (χ2v) is 8.37. The summed E-state index contributed by atoms with van der Waals surface area (Å²) in [5.74, 6) is 1.42. The Labute approximate surface area is 171 Å². The van der Waals surface area contributed by atoms with Crippen molar-refractivity contribution >= 4 is 17.4 Å². The predicted molar refractivity (Wildman–Crippen MR) is 112 cm³/mol. The highest BCUT2D eigenvalue weighted by Crippen LogP contribution is 2.31. The van der Waals surface area contributed by atoms with Crippen molar-refractivity contribution in [3.63, 3.8) is 0 Å². The first-order valence-corrected chi connectivity index (χ1v) is 10.7. The zero-order valence-corrected chi connectivity index (χ0v) is 16.9. The van der Waals surface area contributed by atoms with Crippen LogP contribution in [0.4, 0.5) is 5.82 Å². The first-order valence-electron chi connectivity index (χ1n) is 10.3. The highest BCUT2D eigenvalue weighted by molar-refractivity contribution is 6.33. The van der Waals surface area contributed by atoms with E-state index < -0.39 is 0 Å². The van der Waals surface area contributed by atoms with E-state index in [0.717, 1.165) is 80.9 Å². The molecule has 3 heterocycles. The highest BCUT2D eigenvalue weighted by atomic mass is 35.5. The van der Waals surface area contributed by atoms with E-state index >= 15 is 0 Å². The molecule has 1 atom stereocenters. The Bertz CT molecular complexity index is 787. The van der Waals surface area contributed by atoms with Gasteiger partial charge in [0, 0.05) is 30.6 Å². The van der Waals surface area contributed by atoms with Gasteiger partial charge in [0.1, 0.15) is 5.82 Å². The summed E-state index contributed by atoms with van der Waals surface area (Å²) in [7, 11) is 0. The number of hydrogen-bond acceptors (Lipinski definition) is 5. The van der Waals surface area contributed by atoms with Crippen LogP contribution in [0, 0.1) is 5.92 Å². The van der Waals surface area contributed by atoms with Gasteiger partial charge in [0.25, 0.3) is 0 Å². The highest BCUT2D eigenvalue weighted by Gasteiger charge is 2.21. The van der Waals surface area contributed by atoms with Crippen LogP contribution in [-0.2, 0) is 11.2 Å². The Hall–Kier alpha value is -1.69. The van der Waals surface area contributed by atoms with Gasteiger partial charge in [-0.05, 0) is 69.1 Å². The summed E-state index contributed by atoms with van der Waals surface area (Å²) in [4.78, 5) is 9.28. The van der Waals surface area contributed by atoms with Crippen molar-refractivity contribution in [2.75, 3.05) is 18.5 Å². The number of halogens is 1. The molecule has 150 valence electrons. The summed E-state index contributed by atoms with van der Waals surface area (Å²) in [5, 5.41) is 13.7. The van der Waals surface area contributed by atoms with Gasteiger partial charge in [0.15, 0.2) is 0 Å². The number of aliphatic hydroxyl groups is 1. The molecule has 28 heavy (non-hydrogen) atoms. The van der Waals surface area contributed by atoms with Gasteiger partial charge in [-0.3, -0.25) is 4.98 Å². The second-order valence-electron chi connectivity index (χ2n) is 7.96. The van der Waals surface area contributed by atoms with Crippen molar-refractivity contribution in [2.45, 2.75) is 57.2 Å². The third kappa shape index (κ3) is 5.02. The maximum atomic E-state index is 9.71. The topological polar surface area (TPSA) is 67.3 Å². The maximum absolute atomic E-state index is 9.71. The molecule has 2 aromatic rings. The molecule has 5 nitrogen and oxygen atoms in total. The number of nitrogens with one attached hydrogen (secondary N) is 1. The first kappa shape index (κ1) is 19.6. The Kier molecular flexibility index (Phi) is 6.45. The molecule has 2 N–H and O–H groups in total. The number of aliphatic hydroxyl groups excluding tert-OH is 1. The summed E-state index contributed by atoms with van der Waals surface area (Å²) in [5.41, 5.74) is 2.81. The fourth-order valence-corrected chi connectivity index (χ4v) is 4.34. The predicted octanol–water partition coefficient (Wildman–Crippen LogP) is 4.48. The van der Waals surface area contributed by atoms with Crippen molar-refractivity contribution < 1.29 is 9.84 Å². The molecule has 1 aliphatic carbocycles. The van der Waals surface area contributed by atoms with E-state index in [-0.39, 0.29) is 12.2 Å². The number of aromatic nitrogens is 2. The molecule has 2 fully saturated rings. The number of nitrogens with zero attached hydrogens (tertiary/aromatic N) is 2. The number of pyridine rings is 2. The molecular weight excluding hydrogens is 374 g/mol. The Balaban J connectivity index is 1.46. The molecular formula is C22H28ClN3O2. The smallest absolute Gasteiger partial charge is 0.126 e. The van der Waals surface area contributed by atoms with Crippen LogP contribution in [0.1, 0.15) is 44.2 Å². The third-order valence-corrected chi connectivity index (χ3v) is 6.09. The van der Waals surface area contributed by atoms with Crippen LogP contribution >= 0.6 is 11.6 Å².